The van der Waals surface area contributed by atoms with Gasteiger partial charge in [0, 0.05) is 0 Å². The van der Waals surface area contributed by atoms with Gasteiger partial charge in [-0.15, -0.1) is 0 Å². The van der Waals surface area contributed by atoms with Crippen molar-refractivity contribution in [3.8, 4) is 11.5 Å². The third-order valence-electron chi connectivity index (χ3n) is 6.57. The molecule has 1 amide bonds. The number of hydrogen-bond acceptors (Lipinski definition) is 8. The summed E-state index contributed by atoms with van der Waals surface area (Å²) in [5.41, 5.74) is 8.26. The van der Waals surface area contributed by atoms with Crippen LogP contribution in [0.2, 0.25) is 0 Å². The Morgan fingerprint density at radius 1 is 1.24 bits per heavy atom. The molecule has 10 nitrogen and oxygen atoms in total. The number of anilines is 2. The zero-order valence-corrected chi connectivity index (χ0v) is 18.5. The third kappa shape index (κ3) is 2.96. The number of pyridine rings is 1. The van der Waals surface area contributed by atoms with Crippen molar-refractivity contribution in [3.63, 3.8) is 0 Å². The molecule has 0 aromatic carbocycles. The van der Waals surface area contributed by atoms with Crippen molar-refractivity contribution in [2.45, 2.75) is 44.4 Å². The lowest BCUT2D eigenvalue weighted by molar-refractivity contribution is -0.120. The maximum absolute atomic E-state index is 13.6. The van der Waals surface area contributed by atoms with Crippen molar-refractivity contribution < 1.29 is 9.18 Å². The molecule has 11 heteroatoms. The van der Waals surface area contributed by atoms with E-state index < -0.39 is 11.2 Å². The van der Waals surface area contributed by atoms with Crippen molar-refractivity contribution in [2.75, 3.05) is 11.1 Å². The zero-order valence-electron chi connectivity index (χ0n) is 18.5. The monoisotopic (exact) mass is 459 g/mol. The van der Waals surface area contributed by atoms with Gasteiger partial charge in [-0.1, -0.05) is 13.3 Å². The molecule has 1 saturated carbocycles. The van der Waals surface area contributed by atoms with E-state index in [0.717, 1.165) is 44.0 Å². The Morgan fingerprint density at radius 3 is 2.82 bits per heavy atom. The molecule has 1 aliphatic heterocycles. The summed E-state index contributed by atoms with van der Waals surface area (Å²) in [7, 11) is 0. The number of rotatable bonds is 6. The van der Waals surface area contributed by atoms with E-state index in [-0.39, 0.29) is 23.5 Å². The van der Waals surface area contributed by atoms with Crippen LogP contribution in [0.5, 0.6) is 0 Å². The highest BCUT2D eigenvalue weighted by molar-refractivity contribution is 6.09. The first-order valence-corrected chi connectivity index (χ1v) is 11.3. The van der Waals surface area contributed by atoms with Crippen LogP contribution in [-0.2, 0) is 16.6 Å². The average Bonchev–Trinajstić information content (AvgIpc) is 3.48. The van der Waals surface area contributed by atoms with Gasteiger partial charge in [-0.2, -0.15) is 5.10 Å². The smallest absolute Gasteiger partial charge is 0.242 e. The van der Waals surface area contributed by atoms with E-state index in [9.17, 15) is 9.18 Å². The number of fused-ring (bicyclic) bond motifs is 2. The van der Waals surface area contributed by atoms with Crippen LogP contribution in [-0.4, -0.2) is 40.4 Å². The molecule has 1 fully saturated rings. The second kappa shape index (κ2) is 7.51. The third-order valence-corrected chi connectivity index (χ3v) is 6.57. The number of halogens is 1. The fourth-order valence-corrected chi connectivity index (χ4v) is 4.87. The van der Waals surface area contributed by atoms with Crippen LogP contribution < -0.4 is 11.1 Å². The van der Waals surface area contributed by atoms with E-state index in [1.54, 1.807) is 10.7 Å². The van der Waals surface area contributed by atoms with Gasteiger partial charge in [-0.05, 0) is 43.7 Å². The predicted octanol–water partition coefficient (Wildman–Crippen LogP) is 2.69. The molecule has 172 valence electrons. The number of nitrogens with two attached hydrogens (primary N) is 1. The van der Waals surface area contributed by atoms with Crippen LogP contribution in [0.1, 0.15) is 49.6 Å². The van der Waals surface area contributed by atoms with Crippen LogP contribution in [0.4, 0.5) is 16.0 Å². The van der Waals surface area contributed by atoms with Crippen LogP contribution in [0, 0.1) is 11.7 Å². The van der Waals surface area contributed by atoms with E-state index in [1.165, 1.54) is 18.5 Å². The van der Waals surface area contributed by atoms with E-state index >= 15 is 0 Å². The van der Waals surface area contributed by atoms with Crippen molar-refractivity contribution in [1.82, 2.24) is 34.5 Å². The Labute approximate surface area is 193 Å². The Morgan fingerprint density at radius 2 is 2.09 bits per heavy atom. The number of nitrogen functional groups attached to an aromatic ring is 1. The lowest BCUT2D eigenvalue weighted by Gasteiger charge is -2.27. The second-order valence-corrected chi connectivity index (χ2v) is 8.76. The number of aromatic nitrogens is 7. The first kappa shape index (κ1) is 20.6. The maximum atomic E-state index is 13.6. The van der Waals surface area contributed by atoms with Gasteiger partial charge in [0.2, 0.25) is 5.91 Å². The lowest BCUT2D eigenvalue weighted by atomic mass is 9.74. The van der Waals surface area contributed by atoms with Crippen LogP contribution >= 0.6 is 0 Å². The first-order valence-electron chi connectivity index (χ1n) is 11.3. The van der Waals surface area contributed by atoms with E-state index in [0.29, 0.717) is 28.4 Å². The minimum atomic E-state index is -1.14. The number of nitrogens with zero attached hydrogens (tertiary/aromatic N) is 7. The van der Waals surface area contributed by atoms with Gasteiger partial charge in [0.05, 0.1) is 29.3 Å². The molecule has 34 heavy (non-hydrogen) atoms. The summed E-state index contributed by atoms with van der Waals surface area (Å²) in [6.45, 7) is 2.11. The van der Waals surface area contributed by atoms with Crippen LogP contribution in [0.3, 0.4) is 0 Å². The quantitative estimate of drug-likeness (QED) is 0.449. The Hall–Kier alpha value is -4.02. The number of hydrogen-bond donors (Lipinski definition) is 2. The maximum Gasteiger partial charge on any atom is 0.242 e. The summed E-state index contributed by atoms with van der Waals surface area (Å²) < 4.78 is 15.2. The summed E-state index contributed by atoms with van der Waals surface area (Å²) in [5.74, 6) is 0.0408. The van der Waals surface area contributed by atoms with Gasteiger partial charge in [-0.3, -0.25) is 9.78 Å². The molecule has 0 bridgehead atoms. The number of unbranched alkanes of at least 4 members (excludes halogenated alkanes) is 1. The molecule has 0 radical (unpaired) electrons. The number of carbonyl (C=O) groups excluding carboxylic acids is 1. The highest BCUT2D eigenvalue weighted by Crippen LogP contribution is 2.57. The second-order valence-electron chi connectivity index (χ2n) is 8.76. The Kier molecular flexibility index (Phi) is 4.54. The average molecular weight is 459 g/mol. The van der Waals surface area contributed by atoms with E-state index in [4.69, 9.17) is 10.7 Å². The van der Waals surface area contributed by atoms with Crippen LogP contribution in [0.15, 0.2) is 30.9 Å². The number of nitrogens with one attached hydrogen (secondary N) is 1. The summed E-state index contributed by atoms with van der Waals surface area (Å²) >= 11 is 0. The summed E-state index contributed by atoms with van der Waals surface area (Å²) in [6.07, 6.45) is 8.67. The highest BCUT2D eigenvalue weighted by Gasteiger charge is 2.60. The van der Waals surface area contributed by atoms with Crippen LogP contribution in [0.25, 0.3) is 17.2 Å². The number of amides is 1. The van der Waals surface area contributed by atoms with E-state index in [1.807, 2.05) is 0 Å². The molecule has 5 heterocycles. The molecule has 4 aromatic rings. The standard InChI is InChI=1S/C23H22FN9O/c1-2-3-4-14-21-27-11-28-33(21)10-15(29-14)19-30-18(25)17-20(31-19)32-22(34)23(17,12-5-6-12)16-8-7-13(24)9-26-16/h7-12H,2-6H2,1H3,(H3,25,30,31,32,34). The molecule has 0 spiro atoms. The fraction of sp³-hybridized carbons (Fsp3) is 0.348. The van der Waals surface area contributed by atoms with Crippen molar-refractivity contribution in [3.05, 3.63) is 53.6 Å². The van der Waals surface area contributed by atoms with Gasteiger partial charge in [0.15, 0.2) is 11.5 Å². The summed E-state index contributed by atoms with van der Waals surface area (Å²) in [5, 5.41) is 7.14. The van der Waals surface area contributed by atoms with Gasteiger partial charge < -0.3 is 11.1 Å². The van der Waals surface area contributed by atoms with Gasteiger partial charge in [0.1, 0.15) is 34.9 Å². The predicted molar refractivity (Wildman–Crippen MR) is 121 cm³/mol. The lowest BCUT2D eigenvalue weighted by Crippen LogP contribution is -2.39. The topological polar surface area (TPSA) is 137 Å². The summed E-state index contributed by atoms with van der Waals surface area (Å²) in [6, 6.07) is 2.84. The normalized spacial score (nSPS) is 19.4. The highest BCUT2D eigenvalue weighted by atomic mass is 19.1. The molecule has 6 rings (SSSR count). The van der Waals surface area contributed by atoms with Gasteiger partial charge in [0.25, 0.3) is 0 Å². The Bertz CT molecular complexity index is 1430. The number of carbonyl (C=O) groups is 1. The molecule has 3 N–H and O–H groups in total. The summed E-state index contributed by atoms with van der Waals surface area (Å²) in [4.78, 5) is 35.9. The molecule has 1 aliphatic carbocycles. The largest absolute Gasteiger partial charge is 0.383 e. The SMILES string of the molecule is CCCCc1nc(-c2nc(N)c3c(n2)NC(=O)C3(c2ccc(F)cn2)C2CC2)cn2ncnc12. The fourth-order valence-electron chi connectivity index (χ4n) is 4.87. The molecule has 4 aromatic heterocycles. The first-order chi connectivity index (χ1) is 16.5. The van der Waals surface area contributed by atoms with Gasteiger partial charge >= 0.3 is 0 Å². The molecule has 0 saturated heterocycles. The van der Waals surface area contributed by atoms with Gasteiger partial charge in [-0.25, -0.2) is 28.8 Å². The zero-order chi connectivity index (χ0) is 23.4. The minimum absolute atomic E-state index is 0.00580. The molecule has 1 unspecified atom stereocenters. The van der Waals surface area contributed by atoms with Crippen molar-refractivity contribution in [2.24, 2.45) is 5.92 Å². The number of aryl methyl sites for hydroxylation is 1. The molecular weight excluding hydrogens is 437 g/mol. The van der Waals surface area contributed by atoms with Crippen molar-refractivity contribution >= 4 is 23.2 Å². The van der Waals surface area contributed by atoms with Crippen molar-refractivity contribution in [1.29, 1.82) is 0 Å². The molecule has 1 atom stereocenters. The van der Waals surface area contributed by atoms with E-state index in [2.05, 4.69) is 37.3 Å². The molecule has 2 aliphatic rings. The molecular formula is C23H22FN9O. The Balaban J connectivity index is 1.50. The minimum Gasteiger partial charge on any atom is -0.383 e.